The maximum atomic E-state index is 12.4. The number of benzene rings is 2. The van der Waals surface area contributed by atoms with Gasteiger partial charge in [-0.3, -0.25) is 9.59 Å². The summed E-state index contributed by atoms with van der Waals surface area (Å²) < 4.78 is 5.61. The second kappa shape index (κ2) is 9.25. The molecule has 0 fully saturated rings. The topological polar surface area (TPSA) is 67.4 Å². The van der Waals surface area contributed by atoms with E-state index in [2.05, 4.69) is 10.6 Å². The Kier molecular flexibility index (Phi) is 7.04. The molecule has 0 bridgehead atoms. The Bertz CT molecular complexity index is 760. The number of rotatable bonds is 7. The molecule has 2 amide bonds. The van der Waals surface area contributed by atoms with E-state index >= 15 is 0 Å². The fourth-order valence-electron chi connectivity index (χ4n) is 2.19. The molecule has 0 saturated heterocycles. The lowest BCUT2D eigenvalue weighted by Gasteiger charge is -2.17. The standard InChI is InChI=1S/C20H23ClN2O3/c1-13(2)12-22-20(25)17-6-4-5-7-18(17)23-19(24)14(3)26-16-10-8-15(21)9-11-16/h4-11,13-14H,12H2,1-3H3,(H,22,25)(H,23,24)/t14-/m1/s1. The summed E-state index contributed by atoms with van der Waals surface area (Å²) >= 11 is 5.84. The van der Waals surface area contributed by atoms with Gasteiger partial charge in [0.25, 0.3) is 11.8 Å². The van der Waals surface area contributed by atoms with Crippen molar-refractivity contribution in [2.45, 2.75) is 26.9 Å². The fourth-order valence-corrected chi connectivity index (χ4v) is 2.31. The molecule has 0 aromatic heterocycles. The molecule has 2 rings (SSSR count). The van der Waals surface area contributed by atoms with Gasteiger partial charge in [-0.2, -0.15) is 0 Å². The number of carbonyl (C=O) groups is 2. The molecule has 26 heavy (non-hydrogen) atoms. The van der Waals surface area contributed by atoms with E-state index in [0.717, 1.165) is 0 Å². The lowest BCUT2D eigenvalue weighted by molar-refractivity contribution is -0.122. The highest BCUT2D eigenvalue weighted by Gasteiger charge is 2.18. The van der Waals surface area contributed by atoms with Crippen LogP contribution in [0, 0.1) is 5.92 Å². The van der Waals surface area contributed by atoms with Gasteiger partial charge in [0.1, 0.15) is 5.75 Å². The molecule has 2 N–H and O–H groups in total. The highest BCUT2D eigenvalue weighted by atomic mass is 35.5. The van der Waals surface area contributed by atoms with Gasteiger partial charge in [-0.25, -0.2) is 0 Å². The molecule has 0 radical (unpaired) electrons. The number of amides is 2. The molecule has 0 saturated carbocycles. The zero-order valence-corrected chi connectivity index (χ0v) is 15.8. The van der Waals surface area contributed by atoms with Crippen molar-refractivity contribution in [3.63, 3.8) is 0 Å². The normalized spacial score (nSPS) is 11.7. The van der Waals surface area contributed by atoms with Crippen LogP contribution in [0.4, 0.5) is 5.69 Å². The monoisotopic (exact) mass is 374 g/mol. The van der Waals surface area contributed by atoms with Crippen molar-refractivity contribution in [2.75, 3.05) is 11.9 Å². The van der Waals surface area contributed by atoms with Crippen LogP contribution in [0.2, 0.25) is 5.02 Å². The molecule has 5 nitrogen and oxygen atoms in total. The van der Waals surface area contributed by atoms with Crippen LogP contribution < -0.4 is 15.4 Å². The zero-order valence-electron chi connectivity index (χ0n) is 15.1. The fraction of sp³-hybridized carbons (Fsp3) is 0.300. The number of nitrogens with one attached hydrogen (secondary N) is 2. The second-order valence-corrected chi connectivity index (χ2v) is 6.79. The number of carbonyl (C=O) groups excluding carboxylic acids is 2. The average molecular weight is 375 g/mol. The van der Waals surface area contributed by atoms with Crippen molar-refractivity contribution < 1.29 is 14.3 Å². The molecule has 2 aromatic rings. The van der Waals surface area contributed by atoms with E-state index in [-0.39, 0.29) is 11.8 Å². The zero-order chi connectivity index (χ0) is 19.1. The van der Waals surface area contributed by atoms with Crippen LogP contribution in [0.25, 0.3) is 0 Å². The van der Waals surface area contributed by atoms with E-state index in [9.17, 15) is 9.59 Å². The van der Waals surface area contributed by atoms with Gasteiger partial charge in [-0.15, -0.1) is 0 Å². The van der Waals surface area contributed by atoms with Gasteiger partial charge in [0.05, 0.1) is 11.3 Å². The van der Waals surface area contributed by atoms with Crippen LogP contribution in [-0.2, 0) is 4.79 Å². The predicted octanol–water partition coefficient (Wildman–Crippen LogP) is 4.13. The van der Waals surface area contributed by atoms with Crippen LogP contribution >= 0.6 is 11.6 Å². The molecule has 0 unspecified atom stereocenters. The van der Waals surface area contributed by atoms with Gasteiger partial charge in [0, 0.05) is 11.6 Å². The van der Waals surface area contributed by atoms with Gasteiger partial charge in [-0.1, -0.05) is 37.6 Å². The summed E-state index contributed by atoms with van der Waals surface area (Å²) in [7, 11) is 0. The highest BCUT2D eigenvalue weighted by molar-refractivity contribution is 6.30. The van der Waals surface area contributed by atoms with E-state index in [1.54, 1.807) is 55.5 Å². The van der Waals surface area contributed by atoms with Gasteiger partial charge in [0.15, 0.2) is 6.10 Å². The average Bonchev–Trinajstić information content (AvgIpc) is 2.62. The van der Waals surface area contributed by atoms with E-state index in [1.807, 2.05) is 13.8 Å². The van der Waals surface area contributed by atoms with Gasteiger partial charge in [0.2, 0.25) is 0 Å². The first-order valence-electron chi connectivity index (χ1n) is 8.47. The van der Waals surface area contributed by atoms with Gasteiger partial charge in [-0.05, 0) is 49.2 Å². The Morgan fingerprint density at radius 1 is 1.04 bits per heavy atom. The Hall–Kier alpha value is -2.53. The molecule has 0 aliphatic heterocycles. The minimum absolute atomic E-state index is 0.221. The van der Waals surface area contributed by atoms with Crippen molar-refractivity contribution in [2.24, 2.45) is 5.92 Å². The van der Waals surface area contributed by atoms with Crippen LogP contribution in [0.5, 0.6) is 5.75 Å². The summed E-state index contributed by atoms with van der Waals surface area (Å²) in [5.41, 5.74) is 0.866. The van der Waals surface area contributed by atoms with E-state index in [0.29, 0.717) is 34.5 Å². The number of anilines is 1. The molecule has 0 spiro atoms. The molecule has 2 aromatic carbocycles. The molecular weight excluding hydrogens is 352 g/mol. The lowest BCUT2D eigenvalue weighted by Crippen LogP contribution is -2.32. The Morgan fingerprint density at radius 3 is 2.35 bits per heavy atom. The number of para-hydroxylation sites is 1. The minimum Gasteiger partial charge on any atom is -0.481 e. The van der Waals surface area contributed by atoms with Gasteiger partial charge >= 0.3 is 0 Å². The first-order valence-corrected chi connectivity index (χ1v) is 8.85. The number of hydrogen-bond donors (Lipinski definition) is 2. The summed E-state index contributed by atoms with van der Waals surface area (Å²) in [5, 5.41) is 6.21. The quantitative estimate of drug-likeness (QED) is 0.765. The Morgan fingerprint density at radius 2 is 1.69 bits per heavy atom. The molecular formula is C20H23ClN2O3. The first kappa shape index (κ1) is 19.8. The molecule has 0 aliphatic rings. The van der Waals surface area contributed by atoms with E-state index < -0.39 is 6.10 Å². The van der Waals surface area contributed by atoms with Crippen LogP contribution in [0.1, 0.15) is 31.1 Å². The third-order valence-corrected chi connectivity index (χ3v) is 3.85. The Balaban J connectivity index is 2.04. The maximum Gasteiger partial charge on any atom is 0.265 e. The largest absolute Gasteiger partial charge is 0.481 e. The van der Waals surface area contributed by atoms with Crippen LogP contribution in [0.3, 0.4) is 0 Å². The highest BCUT2D eigenvalue weighted by Crippen LogP contribution is 2.19. The molecule has 6 heteroatoms. The second-order valence-electron chi connectivity index (χ2n) is 6.35. The molecule has 1 atom stereocenters. The van der Waals surface area contributed by atoms with Crippen molar-refractivity contribution >= 4 is 29.1 Å². The number of halogens is 1. The van der Waals surface area contributed by atoms with E-state index in [1.165, 1.54) is 0 Å². The summed E-state index contributed by atoms with van der Waals surface area (Å²) in [6.07, 6.45) is -0.733. The summed E-state index contributed by atoms with van der Waals surface area (Å²) in [6.45, 7) is 6.25. The smallest absolute Gasteiger partial charge is 0.265 e. The SMILES string of the molecule is CC(C)CNC(=O)c1ccccc1NC(=O)[C@@H](C)Oc1ccc(Cl)cc1. The van der Waals surface area contributed by atoms with Gasteiger partial charge < -0.3 is 15.4 Å². The number of hydrogen-bond acceptors (Lipinski definition) is 3. The summed E-state index contributed by atoms with van der Waals surface area (Å²) in [4.78, 5) is 24.8. The third-order valence-electron chi connectivity index (χ3n) is 3.60. The lowest BCUT2D eigenvalue weighted by atomic mass is 10.1. The minimum atomic E-state index is -0.733. The van der Waals surface area contributed by atoms with Crippen LogP contribution in [-0.4, -0.2) is 24.5 Å². The van der Waals surface area contributed by atoms with Crippen molar-refractivity contribution in [1.82, 2.24) is 5.32 Å². The Labute approximate surface area is 158 Å². The molecule has 0 aliphatic carbocycles. The molecule has 138 valence electrons. The summed E-state index contributed by atoms with van der Waals surface area (Å²) in [5.74, 6) is 0.318. The molecule has 0 heterocycles. The first-order chi connectivity index (χ1) is 12.4. The van der Waals surface area contributed by atoms with Crippen LogP contribution in [0.15, 0.2) is 48.5 Å². The number of ether oxygens (including phenoxy) is 1. The predicted molar refractivity (Wildman–Crippen MR) is 104 cm³/mol. The van der Waals surface area contributed by atoms with Crippen molar-refractivity contribution in [3.05, 3.63) is 59.1 Å². The summed E-state index contributed by atoms with van der Waals surface area (Å²) in [6, 6.07) is 13.7. The third kappa shape index (κ3) is 5.77. The van der Waals surface area contributed by atoms with E-state index in [4.69, 9.17) is 16.3 Å². The van der Waals surface area contributed by atoms with Crippen molar-refractivity contribution in [3.8, 4) is 5.75 Å². The van der Waals surface area contributed by atoms with Crippen molar-refractivity contribution in [1.29, 1.82) is 0 Å². The maximum absolute atomic E-state index is 12.4.